The van der Waals surface area contributed by atoms with E-state index >= 15 is 0 Å². The molecule has 6 nitrogen and oxygen atoms in total. The van der Waals surface area contributed by atoms with Crippen LogP contribution < -0.4 is 4.74 Å². The smallest absolute Gasteiger partial charge is 0.161 e. The van der Waals surface area contributed by atoms with Crippen molar-refractivity contribution < 1.29 is 28.8 Å². The lowest BCUT2D eigenvalue weighted by Crippen LogP contribution is -2.25. The molecule has 2 unspecified atom stereocenters. The fourth-order valence-electron chi connectivity index (χ4n) is 2.59. The zero-order valence-corrected chi connectivity index (χ0v) is 13.6. The quantitative estimate of drug-likeness (QED) is 0.699. The van der Waals surface area contributed by atoms with Crippen molar-refractivity contribution in [2.45, 2.75) is 38.3 Å². The lowest BCUT2D eigenvalue weighted by atomic mass is 9.89. The third-order valence-electron chi connectivity index (χ3n) is 3.76. The van der Waals surface area contributed by atoms with Crippen LogP contribution in [0, 0.1) is 0 Å². The SMILES string of the molecule is CCOC(O)CC(=O)C(CC1OCCO1)c1ccc(OC)cc1. The molecule has 1 aromatic carbocycles. The Hall–Kier alpha value is -1.47. The van der Waals surface area contributed by atoms with Crippen LogP contribution in [-0.2, 0) is 19.0 Å². The number of hydrogen-bond acceptors (Lipinski definition) is 6. The summed E-state index contributed by atoms with van der Waals surface area (Å²) in [5, 5.41) is 9.73. The van der Waals surface area contributed by atoms with E-state index < -0.39 is 18.5 Å². The van der Waals surface area contributed by atoms with Crippen LogP contribution in [-0.4, -0.2) is 50.4 Å². The Labute approximate surface area is 136 Å². The minimum atomic E-state index is -1.08. The maximum Gasteiger partial charge on any atom is 0.161 e. The first-order valence-corrected chi connectivity index (χ1v) is 7.83. The van der Waals surface area contributed by atoms with E-state index in [4.69, 9.17) is 18.9 Å². The lowest BCUT2D eigenvalue weighted by molar-refractivity contribution is -0.138. The number of hydrogen-bond donors (Lipinski definition) is 1. The van der Waals surface area contributed by atoms with Gasteiger partial charge in [-0.15, -0.1) is 0 Å². The number of ether oxygens (including phenoxy) is 4. The molecule has 23 heavy (non-hydrogen) atoms. The van der Waals surface area contributed by atoms with Gasteiger partial charge in [0, 0.05) is 18.9 Å². The molecular formula is C17H24O6. The second kappa shape index (κ2) is 8.98. The van der Waals surface area contributed by atoms with Crippen molar-refractivity contribution in [1.29, 1.82) is 0 Å². The summed E-state index contributed by atoms with van der Waals surface area (Å²) in [4.78, 5) is 12.6. The number of carbonyl (C=O) groups excluding carboxylic acids is 1. The lowest BCUT2D eigenvalue weighted by Gasteiger charge is -2.21. The number of carbonyl (C=O) groups is 1. The van der Waals surface area contributed by atoms with E-state index in [1.807, 2.05) is 24.3 Å². The molecule has 0 radical (unpaired) electrons. The van der Waals surface area contributed by atoms with E-state index in [-0.39, 0.29) is 12.2 Å². The molecule has 1 aliphatic rings. The van der Waals surface area contributed by atoms with Gasteiger partial charge in [0.15, 0.2) is 12.6 Å². The van der Waals surface area contributed by atoms with Gasteiger partial charge in [0.05, 0.1) is 26.7 Å². The fraction of sp³-hybridized carbons (Fsp3) is 0.588. The van der Waals surface area contributed by atoms with Crippen LogP contribution in [0.3, 0.4) is 0 Å². The standard InChI is InChI=1S/C17H24O6/c1-3-21-16(19)11-15(18)14(10-17-22-8-9-23-17)12-4-6-13(20-2)7-5-12/h4-7,14,16-17,19H,3,8-11H2,1-2H3. The molecule has 0 bridgehead atoms. The molecule has 128 valence electrons. The van der Waals surface area contributed by atoms with E-state index in [1.165, 1.54) is 0 Å². The second-order valence-corrected chi connectivity index (χ2v) is 5.31. The van der Waals surface area contributed by atoms with Gasteiger partial charge in [-0.05, 0) is 24.6 Å². The predicted molar refractivity (Wildman–Crippen MR) is 83.3 cm³/mol. The summed E-state index contributed by atoms with van der Waals surface area (Å²) in [5.74, 6) is 0.206. The van der Waals surface area contributed by atoms with E-state index in [0.29, 0.717) is 26.2 Å². The monoisotopic (exact) mass is 324 g/mol. The Morgan fingerprint density at radius 3 is 2.52 bits per heavy atom. The Bertz CT molecular complexity index is 480. The minimum absolute atomic E-state index is 0.0583. The fourth-order valence-corrected chi connectivity index (χ4v) is 2.59. The van der Waals surface area contributed by atoms with E-state index in [0.717, 1.165) is 11.3 Å². The second-order valence-electron chi connectivity index (χ2n) is 5.31. The number of aliphatic hydroxyl groups is 1. The van der Waals surface area contributed by atoms with Crippen LogP contribution in [0.25, 0.3) is 0 Å². The number of Topliss-reactive ketones (excluding diaryl/α,β-unsaturated/α-hetero) is 1. The Balaban J connectivity index is 2.10. The zero-order valence-electron chi connectivity index (χ0n) is 13.6. The van der Waals surface area contributed by atoms with Crippen molar-refractivity contribution in [3.8, 4) is 5.75 Å². The van der Waals surface area contributed by atoms with Crippen molar-refractivity contribution in [3.05, 3.63) is 29.8 Å². The van der Waals surface area contributed by atoms with Crippen molar-refractivity contribution >= 4 is 5.78 Å². The molecule has 0 aliphatic carbocycles. The molecule has 1 aliphatic heterocycles. The van der Waals surface area contributed by atoms with Gasteiger partial charge in [0.2, 0.25) is 0 Å². The molecule has 0 spiro atoms. The molecule has 0 saturated carbocycles. The highest BCUT2D eigenvalue weighted by atomic mass is 16.7. The highest BCUT2D eigenvalue weighted by Crippen LogP contribution is 2.28. The predicted octanol–water partition coefficient (Wildman–Crippen LogP) is 1.86. The maximum absolute atomic E-state index is 12.6. The molecule has 1 aromatic rings. The van der Waals surface area contributed by atoms with Crippen LogP contribution in [0.5, 0.6) is 5.75 Å². The van der Waals surface area contributed by atoms with Gasteiger partial charge in [-0.3, -0.25) is 4.79 Å². The summed E-state index contributed by atoms with van der Waals surface area (Å²) in [6, 6.07) is 7.32. The first kappa shape index (κ1) is 17.9. The summed E-state index contributed by atoms with van der Waals surface area (Å²) in [5.41, 5.74) is 0.846. The van der Waals surface area contributed by atoms with Crippen molar-refractivity contribution in [1.82, 2.24) is 0 Å². The van der Waals surface area contributed by atoms with Crippen molar-refractivity contribution in [2.24, 2.45) is 0 Å². The minimum Gasteiger partial charge on any atom is -0.497 e. The van der Waals surface area contributed by atoms with Gasteiger partial charge in [-0.25, -0.2) is 0 Å². The molecule has 0 amide bonds. The molecule has 6 heteroatoms. The Morgan fingerprint density at radius 2 is 1.96 bits per heavy atom. The van der Waals surface area contributed by atoms with Crippen LogP contribution in [0.1, 0.15) is 31.2 Å². The van der Waals surface area contributed by atoms with Gasteiger partial charge >= 0.3 is 0 Å². The topological polar surface area (TPSA) is 74.2 Å². The van der Waals surface area contributed by atoms with E-state index in [9.17, 15) is 9.90 Å². The molecule has 1 N–H and O–H groups in total. The summed E-state index contributed by atoms with van der Waals surface area (Å²) >= 11 is 0. The van der Waals surface area contributed by atoms with Crippen LogP contribution in [0.2, 0.25) is 0 Å². The number of ketones is 1. The maximum atomic E-state index is 12.6. The average Bonchev–Trinajstić information content (AvgIpc) is 3.06. The first-order chi connectivity index (χ1) is 11.1. The van der Waals surface area contributed by atoms with Crippen LogP contribution in [0.15, 0.2) is 24.3 Å². The number of aliphatic hydroxyl groups excluding tert-OH is 1. The molecule has 2 rings (SSSR count). The Morgan fingerprint density at radius 1 is 1.30 bits per heavy atom. The highest BCUT2D eigenvalue weighted by Gasteiger charge is 2.29. The zero-order chi connectivity index (χ0) is 16.7. The largest absolute Gasteiger partial charge is 0.497 e. The molecule has 1 saturated heterocycles. The third kappa shape index (κ3) is 5.28. The van der Waals surface area contributed by atoms with Gasteiger partial charge < -0.3 is 24.1 Å². The molecule has 1 heterocycles. The van der Waals surface area contributed by atoms with Crippen LogP contribution >= 0.6 is 0 Å². The number of rotatable bonds is 9. The van der Waals surface area contributed by atoms with Crippen molar-refractivity contribution in [2.75, 3.05) is 26.9 Å². The third-order valence-corrected chi connectivity index (χ3v) is 3.76. The van der Waals surface area contributed by atoms with Gasteiger partial charge in [0.1, 0.15) is 11.5 Å². The van der Waals surface area contributed by atoms with E-state index in [1.54, 1.807) is 14.0 Å². The summed E-state index contributed by atoms with van der Waals surface area (Å²) in [6.45, 7) is 3.21. The van der Waals surface area contributed by atoms with Crippen molar-refractivity contribution in [3.63, 3.8) is 0 Å². The normalized spacial score (nSPS) is 17.9. The molecule has 1 fully saturated rings. The molecular weight excluding hydrogens is 300 g/mol. The Kier molecular flexibility index (Phi) is 6.98. The average molecular weight is 324 g/mol. The van der Waals surface area contributed by atoms with Gasteiger partial charge in [-0.1, -0.05) is 12.1 Å². The van der Waals surface area contributed by atoms with Gasteiger partial charge in [0.25, 0.3) is 0 Å². The van der Waals surface area contributed by atoms with Crippen LogP contribution in [0.4, 0.5) is 0 Å². The van der Waals surface area contributed by atoms with E-state index in [2.05, 4.69) is 0 Å². The number of methoxy groups -OCH3 is 1. The highest BCUT2D eigenvalue weighted by molar-refractivity contribution is 5.86. The summed E-state index contributed by atoms with van der Waals surface area (Å²) in [7, 11) is 1.59. The molecule has 2 atom stereocenters. The summed E-state index contributed by atoms with van der Waals surface area (Å²) in [6.07, 6.45) is -1.12. The number of benzene rings is 1. The van der Waals surface area contributed by atoms with Gasteiger partial charge in [-0.2, -0.15) is 0 Å². The first-order valence-electron chi connectivity index (χ1n) is 7.83. The summed E-state index contributed by atoms with van der Waals surface area (Å²) < 4.78 is 21.1. The molecule has 0 aromatic heterocycles.